The molecule has 0 unspecified atom stereocenters. The topological polar surface area (TPSA) is 76.7 Å². The van der Waals surface area contributed by atoms with Gasteiger partial charge in [0.15, 0.2) is 11.5 Å². The highest BCUT2D eigenvalue weighted by Crippen LogP contribution is 2.28. The predicted molar refractivity (Wildman–Crippen MR) is 107 cm³/mol. The third-order valence-electron chi connectivity index (χ3n) is 3.94. The summed E-state index contributed by atoms with van der Waals surface area (Å²) in [5, 5.41) is 5.61. The normalized spacial score (nSPS) is 10.5. The van der Waals surface area contributed by atoms with E-state index in [1.807, 2.05) is 19.1 Å². The van der Waals surface area contributed by atoms with E-state index in [0.717, 1.165) is 11.1 Å². The second kappa shape index (κ2) is 9.43. The summed E-state index contributed by atoms with van der Waals surface area (Å²) in [6, 6.07) is 10.8. The van der Waals surface area contributed by atoms with Crippen LogP contribution in [-0.4, -0.2) is 26.0 Å². The molecule has 0 fully saturated rings. The Kier molecular flexibility index (Phi) is 7.00. The van der Waals surface area contributed by atoms with Crippen molar-refractivity contribution < 1.29 is 19.1 Å². The standard InChI is InChI=1S/C21H24N2O4/c1-5-20(24)23-17-13-16(9-6-14(17)2)22-21(25)11-8-15-7-10-18(26-3)19(12-15)27-4/h6-13H,5H2,1-4H3,(H,22,25)(H,23,24)/b11-8+. The maximum Gasteiger partial charge on any atom is 0.248 e. The van der Waals surface area contributed by atoms with Crippen molar-refractivity contribution in [3.05, 3.63) is 53.6 Å². The smallest absolute Gasteiger partial charge is 0.248 e. The number of rotatable bonds is 7. The van der Waals surface area contributed by atoms with Gasteiger partial charge >= 0.3 is 0 Å². The van der Waals surface area contributed by atoms with Gasteiger partial charge < -0.3 is 20.1 Å². The van der Waals surface area contributed by atoms with Crippen LogP contribution in [-0.2, 0) is 9.59 Å². The van der Waals surface area contributed by atoms with Gasteiger partial charge in [-0.3, -0.25) is 9.59 Å². The minimum Gasteiger partial charge on any atom is -0.493 e. The summed E-state index contributed by atoms with van der Waals surface area (Å²) >= 11 is 0. The van der Waals surface area contributed by atoms with Gasteiger partial charge in [-0.15, -0.1) is 0 Å². The van der Waals surface area contributed by atoms with Gasteiger partial charge in [0.2, 0.25) is 11.8 Å². The molecule has 6 heteroatoms. The summed E-state index contributed by atoms with van der Waals surface area (Å²) in [7, 11) is 3.13. The lowest BCUT2D eigenvalue weighted by Gasteiger charge is -2.10. The Labute approximate surface area is 159 Å². The zero-order valence-electron chi connectivity index (χ0n) is 16.0. The number of nitrogens with one attached hydrogen (secondary N) is 2. The van der Waals surface area contributed by atoms with E-state index < -0.39 is 0 Å². The molecule has 0 aliphatic carbocycles. The van der Waals surface area contributed by atoms with E-state index in [2.05, 4.69) is 10.6 Å². The van der Waals surface area contributed by atoms with Gasteiger partial charge in [-0.2, -0.15) is 0 Å². The summed E-state index contributed by atoms with van der Waals surface area (Å²) in [4.78, 5) is 23.8. The molecule has 0 atom stereocenters. The van der Waals surface area contributed by atoms with E-state index in [9.17, 15) is 9.59 Å². The van der Waals surface area contributed by atoms with Crippen molar-refractivity contribution in [1.82, 2.24) is 0 Å². The van der Waals surface area contributed by atoms with Crippen molar-refractivity contribution in [1.29, 1.82) is 0 Å². The second-order valence-electron chi connectivity index (χ2n) is 5.87. The summed E-state index contributed by atoms with van der Waals surface area (Å²) in [5.41, 5.74) is 3.02. The molecule has 27 heavy (non-hydrogen) atoms. The van der Waals surface area contributed by atoms with E-state index in [0.29, 0.717) is 29.3 Å². The van der Waals surface area contributed by atoms with Gasteiger partial charge in [-0.25, -0.2) is 0 Å². The van der Waals surface area contributed by atoms with Crippen LogP contribution in [0.1, 0.15) is 24.5 Å². The molecule has 0 radical (unpaired) electrons. The van der Waals surface area contributed by atoms with Crippen LogP contribution in [0.4, 0.5) is 11.4 Å². The highest BCUT2D eigenvalue weighted by molar-refractivity contribution is 6.02. The third-order valence-corrected chi connectivity index (χ3v) is 3.94. The van der Waals surface area contributed by atoms with Gasteiger partial charge in [-0.1, -0.05) is 19.1 Å². The Morgan fingerprint density at radius 1 is 1.00 bits per heavy atom. The Balaban J connectivity index is 2.08. The average molecular weight is 368 g/mol. The lowest BCUT2D eigenvalue weighted by molar-refractivity contribution is -0.116. The Bertz CT molecular complexity index is 859. The van der Waals surface area contributed by atoms with Crippen molar-refractivity contribution in [2.75, 3.05) is 24.9 Å². The fourth-order valence-electron chi connectivity index (χ4n) is 2.39. The van der Waals surface area contributed by atoms with Gasteiger partial charge in [0, 0.05) is 23.9 Å². The van der Waals surface area contributed by atoms with Crippen molar-refractivity contribution in [3.8, 4) is 11.5 Å². The molecule has 142 valence electrons. The molecule has 2 rings (SSSR count). The van der Waals surface area contributed by atoms with E-state index in [4.69, 9.17) is 9.47 Å². The van der Waals surface area contributed by atoms with Crippen LogP contribution >= 0.6 is 0 Å². The number of anilines is 2. The van der Waals surface area contributed by atoms with Crippen LogP contribution in [0.2, 0.25) is 0 Å². The second-order valence-corrected chi connectivity index (χ2v) is 5.87. The first-order chi connectivity index (χ1) is 13.0. The fraction of sp³-hybridized carbons (Fsp3) is 0.238. The van der Waals surface area contributed by atoms with E-state index in [1.165, 1.54) is 6.08 Å². The molecule has 0 saturated carbocycles. The van der Waals surface area contributed by atoms with Gasteiger partial charge in [0.1, 0.15) is 0 Å². The summed E-state index contributed by atoms with van der Waals surface area (Å²) in [6.45, 7) is 3.68. The lowest BCUT2D eigenvalue weighted by atomic mass is 10.1. The average Bonchev–Trinajstić information content (AvgIpc) is 2.68. The van der Waals surface area contributed by atoms with Crippen molar-refractivity contribution in [2.45, 2.75) is 20.3 Å². The molecule has 6 nitrogen and oxygen atoms in total. The Morgan fingerprint density at radius 3 is 2.41 bits per heavy atom. The maximum atomic E-state index is 12.2. The van der Waals surface area contributed by atoms with Crippen LogP contribution in [0.3, 0.4) is 0 Å². The van der Waals surface area contributed by atoms with Gasteiger partial charge in [0.05, 0.1) is 14.2 Å². The van der Waals surface area contributed by atoms with Crippen LogP contribution in [0.5, 0.6) is 11.5 Å². The van der Waals surface area contributed by atoms with E-state index in [1.54, 1.807) is 51.5 Å². The first-order valence-electron chi connectivity index (χ1n) is 8.58. The SMILES string of the molecule is CCC(=O)Nc1cc(NC(=O)/C=C/c2ccc(OC)c(OC)c2)ccc1C. The van der Waals surface area contributed by atoms with Crippen LogP contribution in [0.15, 0.2) is 42.5 Å². The molecule has 0 aliphatic rings. The lowest BCUT2D eigenvalue weighted by Crippen LogP contribution is -2.12. The maximum absolute atomic E-state index is 12.2. The Hall–Kier alpha value is -3.28. The molecule has 0 aromatic heterocycles. The number of hydrogen-bond acceptors (Lipinski definition) is 4. The molecule has 0 heterocycles. The molecule has 0 spiro atoms. The summed E-state index contributed by atoms with van der Waals surface area (Å²) in [6.07, 6.45) is 3.51. The summed E-state index contributed by atoms with van der Waals surface area (Å²) in [5.74, 6) is 0.867. The number of hydrogen-bond donors (Lipinski definition) is 2. The molecular weight excluding hydrogens is 344 g/mol. The highest BCUT2D eigenvalue weighted by atomic mass is 16.5. The van der Waals surface area contributed by atoms with Crippen molar-refractivity contribution in [2.24, 2.45) is 0 Å². The number of carbonyl (C=O) groups is 2. The minimum atomic E-state index is -0.276. The molecule has 0 bridgehead atoms. The molecular formula is C21H24N2O4. The number of methoxy groups -OCH3 is 2. The number of carbonyl (C=O) groups excluding carboxylic acids is 2. The third kappa shape index (κ3) is 5.60. The molecule has 2 amide bonds. The van der Waals surface area contributed by atoms with E-state index >= 15 is 0 Å². The highest BCUT2D eigenvalue weighted by Gasteiger charge is 2.06. The largest absolute Gasteiger partial charge is 0.493 e. The first-order valence-corrected chi connectivity index (χ1v) is 8.58. The van der Waals surface area contributed by atoms with Crippen LogP contribution in [0, 0.1) is 6.92 Å². The fourth-order valence-corrected chi connectivity index (χ4v) is 2.39. The molecule has 2 aromatic carbocycles. The molecule has 2 aromatic rings. The minimum absolute atomic E-state index is 0.0741. The van der Waals surface area contributed by atoms with Crippen LogP contribution in [0.25, 0.3) is 6.08 Å². The quantitative estimate of drug-likeness (QED) is 0.724. The van der Waals surface area contributed by atoms with Crippen LogP contribution < -0.4 is 20.1 Å². The van der Waals surface area contributed by atoms with Gasteiger partial charge in [-0.05, 0) is 48.4 Å². The van der Waals surface area contributed by atoms with Crippen molar-refractivity contribution in [3.63, 3.8) is 0 Å². The molecule has 0 saturated heterocycles. The first kappa shape index (κ1) is 20.0. The number of aryl methyl sites for hydroxylation is 1. The molecule has 0 aliphatic heterocycles. The summed E-state index contributed by atoms with van der Waals surface area (Å²) < 4.78 is 10.4. The monoisotopic (exact) mass is 368 g/mol. The van der Waals surface area contributed by atoms with Crippen molar-refractivity contribution >= 4 is 29.3 Å². The zero-order valence-corrected chi connectivity index (χ0v) is 16.0. The predicted octanol–water partition coefficient (Wildman–Crippen LogP) is 4.01. The van der Waals surface area contributed by atoms with E-state index in [-0.39, 0.29) is 11.8 Å². The molecule has 2 N–H and O–H groups in total. The van der Waals surface area contributed by atoms with Gasteiger partial charge in [0.25, 0.3) is 0 Å². The number of benzene rings is 2. The number of ether oxygens (including phenoxy) is 2. The Morgan fingerprint density at radius 2 is 1.74 bits per heavy atom. The number of amides is 2. The zero-order chi connectivity index (χ0) is 19.8.